The second kappa shape index (κ2) is 2.55. The van der Waals surface area contributed by atoms with Gasteiger partial charge in [-0.25, -0.2) is 9.59 Å². The molecule has 1 rings (SSSR count). The number of rotatable bonds is 1. The molecule has 0 aromatic heterocycles. The normalized spacial score (nSPS) is 24.0. The van der Waals surface area contributed by atoms with Crippen LogP contribution in [0.2, 0.25) is 0 Å². The molecule has 1 fully saturated rings. The third-order valence-electron chi connectivity index (χ3n) is 1.25. The number of amides is 2. The van der Waals surface area contributed by atoms with Gasteiger partial charge in [-0.3, -0.25) is 0 Å². The van der Waals surface area contributed by atoms with Crippen LogP contribution in [-0.2, 0) is 9.53 Å². The van der Waals surface area contributed by atoms with E-state index in [0.717, 1.165) is 0 Å². The molecule has 56 valence electrons. The summed E-state index contributed by atoms with van der Waals surface area (Å²) < 4.78 is 4.56. The lowest BCUT2D eigenvalue weighted by molar-refractivity contribution is -0.139. The molecule has 10 heavy (non-hydrogen) atoms. The summed E-state index contributed by atoms with van der Waals surface area (Å²) in [6, 6.07) is -1.22. The average Bonchev–Trinajstić information content (AvgIpc) is 2.15. The van der Waals surface area contributed by atoms with E-state index in [0.29, 0.717) is 13.0 Å². The average molecular weight is 144 g/mol. The number of carbonyl (C=O) groups is 2. The summed E-state index contributed by atoms with van der Waals surface area (Å²) in [6.07, 6.45) is 0.516. The SMILES string of the molecule is NC(=O)NC1CCOC1=O. The molecule has 0 bridgehead atoms. The van der Waals surface area contributed by atoms with Gasteiger partial charge in [-0.05, 0) is 0 Å². The van der Waals surface area contributed by atoms with E-state index in [1.165, 1.54) is 0 Å². The highest BCUT2D eigenvalue weighted by molar-refractivity contribution is 5.83. The van der Waals surface area contributed by atoms with E-state index in [4.69, 9.17) is 5.73 Å². The number of ether oxygens (including phenoxy) is 1. The molecule has 3 N–H and O–H groups in total. The highest BCUT2D eigenvalue weighted by Gasteiger charge is 2.26. The Morgan fingerprint density at radius 2 is 2.50 bits per heavy atom. The number of urea groups is 1. The Bertz CT molecular complexity index is 168. The van der Waals surface area contributed by atoms with Gasteiger partial charge in [0, 0.05) is 6.42 Å². The quantitative estimate of drug-likeness (QED) is 0.462. The molecule has 0 aromatic rings. The van der Waals surface area contributed by atoms with Crippen LogP contribution in [0, 0.1) is 0 Å². The summed E-state index contributed by atoms with van der Waals surface area (Å²) >= 11 is 0. The van der Waals surface area contributed by atoms with Gasteiger partial charge in [-0.15, -0.1) is 0 Å². The van der Waals surface area contributed by atoms with Crippen LogP contribution in [0.1, 0.15) is 6.42 Å². The van der Waals surface area contributed by atoms with Crippen LogP contribution in [0.4, 0.5) is 4.79 Å². The molecule has 5 nitrogen and oxygen atoms in total. The fourth-order valence-corrected chi connectivity index (χ4v) is 0.799. The lowest BCUT2D eigenvalue weighted by atomic mass is 10.2. The monoisotopic (exact) mass is 144 g/mol. The predicted molar refractivity (Wildman–Crippen MR) is 32.1 cm³/mol. The molecular formula is C5H8N2O3. The first kappa shape index (κ1) is 6.85. The largest absolute Gasteiger partial charge is 0.464 e. The van der Waals surface area contributed by atoms with Gasteiger partial charge in [0.15, 0.2) is 0 Å². The molecule has 1 unspecified atom stereocenters. The molecule has 1 saturated heterocycles. The summed E-state index contributed by atoms with van der Waals surface area (Å²) in [7, 11) is 0. The highest BCUT2D eigenvalue weighted by atomic mass is 16.5. The fraction of sp³-hybridized carbons (Fsp3) is 0.600. The number of hydrogen-bond acceptors (Lipinski definition) is 3. The van der Waals surface area contributed by atoms with Crippen molar-refractivity contribution in [1.29, 1.82) is 0 Å². The molecule has 0 aliphatic carbocycles. The smallest absolute Gasteiger partial charge is 0.328 e. The molecule has 1 aliphatic rings. The standard InChI is InChI=1S/C5H8N2O3/c6-5(9)7-3-1-2-10-4(3)8/h3H,1-2H2,(H3,6,7,9). The maximum atomic E-state index is 10.6. The van der Waals surface area contributed by atoms with E-state index < -0.39 is 18.0 Å². The van der Waals surface area contributed by atoms with Gasteiger partial charge in [0.25, 0.3) is 0 Å². The van der Waals surface area contributed by atoms with Crippen LogP contribution < -0.4 is 11.1 Å². The van der Waals surface area contributed by atoms with Gasteiger partial charge < -0.3 is 15.8 Å². The second-order valence-electron chi connectivity index (χ2n) is 2.02. The summed E-state index contributed by atoms with van der Waals surface area (Å²) in [5.41, 5.74) is 4.78. The van der Waals surface area contributed by atoms with Crippen LogP contribution in [-0.4, -0.2) is 24.6 Å². The Labute approximate surface area is 57.5 Å². The van der Waals surface area contributed by atoms with Crippen LogP contribution >= 0.6 is 0 Å². The lowest BCUT2D eigenvalue weighted by Gasteiger charge is -2.03. The van der Waals surface area contributed by atoms with Crippen molar-refractivity contribution in [3.05, 3.63) is 0 Å². The van der Waals surface area contributed by atoms with Crippen molar-refractivity contribution in [2.24, 2.45) is 5.73 Å². The molecule has 0 saturated carbocycles. The third kappa shape index (κ3) is 1.37. The Kier molecular flexibility index (Phi) is 1.75. The zero-order chi connectivity index (χ0) is 7.56. The highest BCUT2D eigenvalue weighted by Crippen LogP contribution is 2.04. The maximum absolute atomic E-state index is 10.6. The van der Waals surface area contributed by atoms with Gasteiger partial charge in [0.1, 0.15) is 6.04 Å². The Morgan fingerprint density at radius 3 is 2.90 bits per heavy atom. The fourth-order valence-electron chi connectivity index (χ4n) is 0.799. The molecule has 1 heterocycles. The van der Waals surface area contributed by atoms with E-state index in [1.807, 2.05) is 0 Å². The van der Waals surface area contributed by atoms with Gasteiger partial charge in [-0.2, -0.15) is 0 Å². The minimum absolute atomic E-state index is 0.365. The van der Waals surface area contributed by atoms with Crippen molar-refractivity contribution in [3.63, 3.8) is 0 Å². The second-order valence-corrected chi connectivity index (χ2v) is 2.02. The van der Waals surface area contributed by atoms with E-state index in [-0.39, 0.29) is 0 Å². The van der Waals surface area contributed by atoms with E-state index >= 15 is 0 Å². The number of carbonyl (C=O) groups excluding carboxylic acids is 2. The van der Waals surface area contributed by atoms with E-state index in [1.54, 1.807) is 0 Å². The van der Waals surface area contributed by atoms with Crippen molar-refractivity contribution in [2.45, 2.75) is 12.5 Å². The Balaban J connectivity index is 2.40. The number of primary amides is 1. The third-order valence-corrected chi connectivity index (χ3v) is 1.25. The number of esters is 1. The summed E-state index contributed by atoms with van der Waals surface area (Å²) in [6.45, 7) is 0.365. The topological polar surface area (TPSA) is 81.4 Å². The molecule has 5 heteroatoms. The van der Waals surface area contributed by atoms with Gasteiger partial charge in [-0.1, -0.05) is 0 Å². The van der Waals surface area contributed by atoms with Crippen LogP contribution in [0.25, 0.3) is 0 Å². The number of nitrogens with two attached hydrogens (primary N) is 1. The zero-order valence-corrected chi connectivity index (χ0v) is 5.29. The van der Waals surface area contributed by atoms with Crippen molar-refractivity contribution < 1.29 is 14.3 Å². The minimum atomic E-state index is -0.691. The van der Waals surface area contributed by atoms with Gasteiger partial charge >= 0.3 is 12.0 Å². The molecule has 1 atom stereocenters. The van der Waals surface area contributed by atoms with Gasteiger partial charge in [0.05, 0.1) is 6.61 Å². The summed E-state index contributed by atoms with van der Waals surface area (Å²) in [5.74, 6) is -0.404. The van der Waals surface area contributed by atoms with Crippen molar-refractivity contribution in [3.8, 4) is 0 Å². The van der Waals surface area contributed by atoms with Crippen LogP contribution in [0.15, 0.2) is 0 Å². The van der Waals surface area contributed by atoms with Crippen molar-refractivity contribution in [2.75, 3.05) is 6.61 Å². The predicted octanol–water partition coefficient (Wildman–Crippen LogP) is -1.03. The first-order valence-electron chi connectivity index (χ1n) is 2.93. The molecule has 0 spiro atoms. The first-order chi connectivity index (χ1) is 4.70. The molecular weight excluding hydrogens is 136 g/mol. The molecule has 2 amide bonds. The lowest BCUT2D eigenvalue weighted by Crippen LogP contribution is -2.41. The van der Waals surface area contributed by atoms with Crippen molar-refractivity contribution >= 4 is 12.0 Å². The molecule has 0 radical (unpaired) electrons. The van der Waals surface area contributed by atoms with E-state index in [2.05, 4.69) is 10.1 Å². The number of cyclic esters (lactones) is 1. The molecule has 0 aromatic carbocycles. The number of nitrogens with one attached hydrogen (secondary N) is 1. The van der Waals surface area contributed by atoms with Crippen LogP contribution in [0.5, 0.6) is 0 Å². The van der Waals surface area contributed by atoms with Gasteiger partial charge in [0.2, 0.25) is 0 Å². The van der Waals surface area contributed by atoms with E-state index in [9.17, 15) is 9.59 Å². The first-order valence-corrected chi connectivity index (χ1v) is 2.93. The Hall–Kier alpha value is -1.26. The minimum Gasteiger partial charge on any atom is -0.464 e. The maximum Gasteiger partial charge on any atom is 0.328 e. The summed E-state index contributed by atoms with van der Waals surface area (Å²) in [4.78, 5) is 20.8. The number of hydrogen-bond donors (Lipinski definition) is 2. The van der Waals surface area contributed by atoms with Crippen LogP contribution in [0.3, 0.4) is 0 Å². The van der Waals surface area contributed by atoms with Crippen molar-refractivity contribution in [1.82, 2.24) is 5.32 Å². The zero-order valence-electron chi connectivity index (χ0n) is 5.29. The Morgan fingerprint density at radius 1 is 1.80 bits per heavy atom. The molecule has 1 aliphatic heterocycles. The summed E-state index contributed by atoms with van der Waals surface area (Å²) in [5, 5.41) is 2.26.